The molecular formula is C19H21FN2O5. The van der Waals surface area contributed by atoms with Crippen molar-refractivity contribution >= 4 is 11.8 Å². The summed E-state index contributed by atoms with van der Waals surface area (Å²) in [5.74, 6) is -0.242. The molecule has 1 unspecified atom stereocenters. The van der Waals surface area contributed by atoms with Gasteiger partial charge in [-0.2, -0.15) is 0 Å². The van der Waals surface area contributed by atoms with Gasteiger partial charge in [0.2, 0.25) is 0 Å². The molecule has 27 heavy (non-hydrogen) atoms. The molecule has 2 amide bonds. The van der Waals surface area contributed by atoms with E-state index in [1.807, 2.05) is 6.92 Å². The van der Waals surface area contributed by atoms with Gasteiger partial charge in [-0.25, -0.2) is 4.39 Å². The Bertz CT molecular complexity index is 795. The molecule has 0 aliphatic rings. The third-order valence-corrected chi connectivity index (χ3v) is 3.52. The molecule has 0 spiro atoms. The molecule has 0 saturated heterocycles. The summed E-state index contributed by atoms with van der Waals surface area (Å²) >= 11 is 0. The van der Waals surface area contributed by atoms with Crippen molar-refractivity contribution in [3.8, 4) is 17.2 Å². The van der Waals surface area contributed by atoms with Gasteiger partial charge in [-0.15, -0.1) is 0 Å². The Morgan fingerprint density at radius 1 is 1.07 bits per heavy atom. The Kier molecular flexibility index (Phi) is 6.99. The molecule has 0 radical (unpaired) electrons. The second-order valence-corrected chi connectivity index (χ2v) is 5.46. The summed E-state index contributed by atoms with van der Waals surface area (Å²) in [6.45, 7) is 3.80. The van der Waals surface area contributed by atoms with Crippen LogP contribution in [0.2, 0.25) is 0 Å². The van der Waals surface area contributed by atoms with Gasteiger partial charge in [0.15, 0.2) is 17.6 Å². The fourth-order valence-electron chi connectivity index (χ4n) is 2.15. The van der Waals surface area contributed by atoms with Gasteiger partial charge >= 0.3 is 0 Å². The molecule has 0 fully saturated rings. The van der Waals surface area contributed by atoms with E-state index >= 15 is 0 Å². The maximum atomic E-state index is 12.9. The third kappa shape index (κ3) is 5.60. The zero-order valence-electron chi connectivity index (χ0n) is 15.2. The summed E-state index contributed by atoms with van der Waals surface area (Å²) in [6.07, 6.45) is -0.898. The number of hydrogen-bond donors (Lipinski definition) is 2. The maximum absolute atomic E-state index is 12.9. The molecule has 2 aromatic rings. The lowest BCUT2D eigenvalue weighted by Crippen LogP contribution is -2.47. The third-order valence-electron chi connectivity index (χ3n) is 3.52. The number of hydrogen-bond acceptors (Lipinski definition) is 5. The van der Waals surface area contributed by atoms with Crippen molar-refractivity contribution < 1.29 is 28.2 Å². The van der Waals surface area contributed by atoms with Crippen molar-refractivity contribution in [3.63, 3.8) is 0 Å². The number of carbonyl (C=O) groups excluding carboxylic acids is 2. The van der Waals surface area contributed by atoms with E-state index in [9.17, 15) is 14.0 Å². The predicted octanol–water partition coefficient (Wildman–Crippen LogP) is 2.46. The summed E-state index contributed by atoms with van der Waals surface area (Å²) in [5.41, 5.74) is 4.86. The minimum Gasteiger partial charge on any atom is -0.493 e. The molecule has 7 nitrogen and oxygen atoms in total. The molecule has 0 saturated carbocycles. The van der Waals surface area contributed by atoms with Crippen LogP contribution in [0, 0.1) is 5.82 Å². The van der Waals surface area contributed by atoms with E-state index in [1.165, 1.54) is 44.4 Å². The molecule has 0 heterocycles. The van der Waals surface area contributed by atoms with Crippen LogP contribution < -0.4 is 25.1 Å². The van der Waals surface area contributed by atoms with Gasteiger partial charge in [-0.05, 0) is 56.3 Å². The molecule has 0 aromatic heterocycles. The Labute approximate surface area is 156 Å². The van der Waals surface area contributed by atoms with Crippen LogP contribution in [0.1, 0.15) is 24.2 Å². The van der Waals surface area contributed by atoms with Gasteiger partial charge in [-0.1, -0.05) is 0 Å². The van der Waals surface area contributed by atoms with Crippen LogP contribution in [0.4, 0.5) is 4.39 Å². The van der Waals surface area contributed by atoms with Crippen LogP contribution in [0.5, 0.6) is 17.2 Å². The fourth-order valence-corrected chi connectivity index (χ4v) is 2.15. The molecule has 8 heteroatoms. The number of rotatable bonds is 7. The first-order chi connectivity index (χ1) is 12.9. The van der Waals surface area contributed by atoms with Gasteiger partial charge < -0.3 is 14.2 Å². The second kappa shape index (κ2) is 9.42. The van der Waals surface area contributed by atoms with Gasteiger partial charge in [0.1, 0.15) is 11.6 Å². The van der Waals surface area contributed by atoms with Crippen LogP contribution >= 0.6 is 0 Å². The molecule has 2 rings (SSSR count). The number of nitrogens with one attached hydrogen (secondary N) is 2. The largest absolute Gasteiger partial charge is 0.493 e. The van der Waals surface area contributed by atoms with E-state index < -0.39 is 23.7 Å². The molecular weight excluding hydrogens is 355 g/mol. The SMILES string of the molecule is CCOc1ccc(C(=O)NNC(=O)C(C)Oc2ccc(F)cc2)cc1OC. The second-order valence-electron chi connectivity index (χ2n) is 5.46. The lowest BCUT2D eigenvalue weighted by Gasteiger charge is -2.15. The lowest BCUT2D eigenvalue weighted by atomic mass is 10.2. The van der Waals surface area contributed by atoms with E-state index in [2.05, 4.69) is 10.9 Å². The van der Waals surface area contributed by atoms with Crippen molar-refractivity contribution in [2.24, 2.45) is 0 Å². The summed E-state index contributed by atoms with van der Waals surface area (Å²) in [6, 6.07) is 9.92. The van der Waals surface area contributed by atoms with Gasteiger partial charge in [-0.3, -0.25) is 20.4 Å². The number of halogens is 1. The monoisotopic (exact) mass is 376 g/mol. The summed E-state index contributed by atoms with van der Waals surface area (Å²) < 4.78 is 28.8. The standard InChI is InChI=1S/C19H21FN2O5/c1-4-26-16-10-5-13(11-17(16)25-3)19(24)22-21-18(23)12(2)27-15-8-6-14(20)7-9-15/h5-12H,4H2,1-3H3,(H,21,23)(H,22,24). The van der Waals surface area contributed by atoms with Gasteiger partial charge in [0.25, 0.3) is 11.8 Å². The number of ether oxygens (including phenoxy) is 3. The number of benzene rings is 2. The van der Waals surface area contributed by atoms with Crippen molar-refractivity contribution in [1.82, 2.24) is 10.9 Å². The van der Waals surface area contributed by atoms with E-state index in [0.717, 1.165) is 0 Å². The summed E-state index contributed by atoms with van der Waals surface area (Å²) in [7, 11) is 1.47. The number of carbonyl (C=O) groups is 2. The number of methoxy groups -OCH3 is 1. The van der Waals surface area contributed by atoms with Crippen LogP contribution in [-0.2, 0) is 4.79 Å². The van der Waals surface area contributed by atoms with Crippen molar-refractivity contribution in [1.29, 1.82) is 0 Å². The Morgan fingerprint density at radius 3 is 2.41 bits per heavy atom. The Balaban J connectivity index is 1.92. The zero-order chi connectivity index (χ0) is 19.8. The molecule has 2 N–H and O–H groups in total. The average Bonchev–Trinajstić information content (AvgIpc) is 2.68. The highest BCUT2D eigenvalue weighted by Crippen LogP contribution is 2.27. The van der Waals surface area contributed by atoms with Crippen molar-refractivity contribution in [2.75, 3.05) is 13.7 Å². The smallest absolute Gasteiger partial charge is 0.279 e. The Morgan fingerprint density at radius 2 is 1.78 bits per heavy atom. The molecule has 1 atom stereocenters. The van der Waals surface area contributed by atoms with Crippen LogP contribution in [0.15, 0.2) is 42.5 Å². The quantitative estimate of drug-likeness (QED) is 0.725. The first-order valence-electron chi connectivity index (χ1n) is 8.27. The summed E-state index contributed by atoms with van der Waals surface area (Å²) in [5, 5.41) is 0. The van der Waals surface area contributed by atoms with Crippen LogP contribution in [-0.4, -0.2) is 31.6 Å². The fraction of sp³-hybridized carbons (Fsp3) is 0.263. The van der Waals surface area contributed by atoms with E-state index in [1.54, 1.807) is 12.1 Å². The normalized spacial score (nSPS) is 11.3. The molecule has 0 aliphatic heterocycles. The predicted molar refractivity (Wildman–Crippen MR) is 96.3 cm³/mol. The minimum atomic E-state index is -0.898. The highest BCUT2D eigenvalue weighted by atomic mass is 19.1. The van der Waals surface area contributed by atoms with Crippen molar-refractivity contribution in [3.05, 3.63) is 53.8 Å². The maximum Gasteiger partial charge on any atom is 0.279 e. The van der Waals surface area contributed by atoms with Crippen molar-refractivity contribution in [2.45, 2.75) is 20.0 Å². The first kappa shape index (κ1) is 20.0. The highest BCUT2D eigenvalue weighted by Gasteiger charge is 2.17. The zero-order valence-corrected chi connectivity index (χ0v) is 15.2. The highest BCUT2D eigenvalue weighted by molar-refractivity contribution is 5.96. The van der Waals surface area contributed by atoms with E-state index in [0.29, 0.717) is 23.9 Å². The van der Waals surface area contributed by atoms with E-state index in [-0.39, 0.29) is 5.56 Å². The molecule has 0 aliphatic carbocycles. The van der Waals surface area contributed by atoms with Crippen LogP contribution in [0.25, 0.3) is 0 Å². The lowest BCUT2D eigenvalue weighted by molar-refractivity contribution is -0.128. The topological polar surface area (TPSA) is 85.9 Å². The number of amides is 2. The molecule has 144 valence electrons. The van der Waals surface area contributed by atoms with E-state index in [4.69, 9.17) is 14.2 Å². The Hall–Kier alpha value is -3.29. The van der Waals surface area contributed by atoms with Gasteiger partial charge in [0.05, 0.1) is 13.7 Å². The average molecular weight is 376 g/mol. The first-order valence-corrected chi connectivity index (χ1v) is 8.27. The summed E-state index contributed by atoms with van der Waals surface area (Å²) in [4.78, 5) is 24.2. The van der Waals surface area contributed by atoms with Crippen LogP contribution in [0.3, 0.4) is 0 Å². The molecule has 2 aromatic carbocycles. The molecule has 0 bridgehead atoms. The number of hydrazine groups is 1. The van der Waals surface area contributed by atoms with Gasteiger partial charge in [0, 0.05) is 5.56 Å². The minimum absolute atomic E-state index is 0.280.